The lowest BCUT2D eigenvalue weighted by Gasteiger charge is -2.07. The predicted molar refractivity (Wildman–Crippen MR) is 138 cm³/mol. The van der Waals surface area contributed by atoms with Crippen molar-refractivity contribution >= 4 is 33.7 Å². The van der Waals surface area contributed by atoms with Crippen molar-refractivity contribution in [1.82, 2.24) is 30.1 Å². The molecule has 0 fully saturated rings. The maximum Gasteiger partial charge on any atom is 0.224 e. The summed E-state index contributed by atoms with van der Waals surface area (Å²) in [5, 5.41) is 10.5. The molecule has 6 rings (SSSR count). The van der Waals surface area contributed by atoms with E-state index in [1.807, 2.05) is 42.5 Å². The van der Waals surface area contributed by atoms with Crippen LogP contribution >= 0.6 is 0 Å². The van der Waals surface area contributed by atoms with Crippen molar-refractivity contribution in [3.05, 3.63) is 67.4 Å². The molecule has 5 heterocycles. The number of benzene rings is 1. The monoisotopic (exact) mass is 477 g/mol. The van der Waals surface area contributed by atoms with Gasteiger partial charge in [-0.15, -0.1) is 0 Å². The molecule has 0 aliphatic rings. The maximum atomic E-state index is 12.2. The van der Waals surface area contributed by atoms with Crippen LogP contribution in [0.4, 0.5) is 5.69 Å². The molecule has 0 saturated carbocycles. The lowest BCUT2D eigenvalue weighted by molar-refractivity contribution is -0.116. The average Bonchev–Trinajstić information content (AvgIpc) is 3.66. The highest BCUT2D eigenvalue weighted by Gasteiger charge is 2.17. The molecule has 0 spiro atoms. The molecule has 178 valence electrons. The number of rotatable bonds is 7. The SMILES string of the molecule is CCCCC(=O)Nc1cncc(-c2ccc3[nH]nc(-c4nc5c(-c6ccoc6)cccc5[nH]4)c3n2)c1. The first kappa shape index (κ1) is 21.7. The molecular weight excluding hydrogens is 454 g/mol. The summed E-state index contributed by atoms with van der Waals surface area (Å²) in [6, 6.07) is 13.6. The Hall–Kier alpha value is -4.79. The summed E-state index contributed by atoms with van der Waals surface area (Å²) in [7, 11) is 0. The molecule has 0 radical (unpaired) electrons. The van der Waals surface area contributed by atoms with Crippen LogP contribution in [0.25, 0.3) is 56.0 Å². The number of hydrogen-bond donors (Lipinski definition) is 3. The van der Waals surface area contributed by atoms with Crippen molar-refractivity contribution in [2.24, 2.45) is 0 Å². The fourth-order valence-electron chi connectivity index (χ4n) is 4.23. The number of carbonyl (C=O) groups excluding carboxylic acids is 1. The van der Waals surface area contributed by atoms with Gasteiger partial charge in [0.25, 0.3) is 0 Å². The van der Waals surface area contributed by atoms with E-state index in [1.54, 1.807) is 24.9 Å². The fraction of sp³-hybridized carbons (Fsp3) is 0.148. The van der Waals surface area contributed by atoms with Crippen molar-refractivity contribution in [3.63, 3.8) is 0 Å². The second kappa shape index (κ2) is 9.10. The van der Waals surface area contributed by atoms with E-state index in [0.29, 0.717) is 29.1 Å². The van der Waals surface area contributed by atoms with Gasteiger partial charge in [0.2, 0.25) is 5.91 Å². The predicted octanol–water partition coefficient (Wildman–Crippen LogP) is 5.95. The van der Waals surface area contributed by atoms with Crippen LogP contribution in [0.1, 0.15) is 26.2 Å². The molecule has 0 atom stereocenters. The Morgan fingerprint density at radius 2 is 1.97 bits per heavy atom. The molecule has 0 unspecified atom stereocenters. The van der Waals surface area contributed by atoms with Gasteiger partial charge in [0.15, 0.2) is 11.5 Å². The Morgan fingerprint density at radius 3 is 2.83 bits per heavy atom. The van der Waals surface area contributed by atoms with E-state index < -0.39 is 0 Å². The van der Waals surface area contributed by atoms with Crippen LogP contribution in [0.15, 0.2) is 71.8 Å². The van der Waals surface area contributed by atoms with E-state index in [0.717, 1.165) is 51.8 Å². The minimum atomic E-state index is -0.0176. The molecule has 9 nitrogen and oxygen atoms in total. The Balaban J connectivity index is 1.37. The lowest BCUT2D eigenvalue weighted by atomic mass is 10.1. The molecule has 1 aromatic carbocycles. The van der Waals surface area contributed by atoms with Gasteiger partial charge in [0.05, 0.1) is 46.7 Å². The number of imidazole rings is 1. The number of hydrogen-bond acceptors (Lipinski definition) is 6. The third kappa shape index (κ3) is 4.00. The van der Waals surface area contributed by atoms with E-state index >= 15 is 0 Å². The molecule has 36 heavy (non-hydrogen) atoms. The number of anilines is 1. The first-order valence-corrected chi connectivity index (χ1v) is 11.8. The molecular formula is C27H23N7O2. The minimum absolute atomic E-state index is 0.0176. The molecule has 0 aliphatic heterocycles. The number of nitrogens with one attached hydrogen (secondary N) is 3. The first-order chi connectivity index (χ1) is 17.7. The van der Waals surface area contributed by atoms with Crippen LogP contribution < -0.4 is 5.32 Å². The van der Waals surface area contributed by atoms with Gasteiger partial charge in [-0.2, -0.15) is 5.10 Å². The van der Waals surface area contributed by atoms with Crippen molar-refractivity contribution < 1.29 is 9.21 Å². The number of unbranched alkanes of at least 4 members (excludes halogenated alkanes) is 1. The minimum Gasteiger partial charge on any atom is -0.472 e. The summed E-state index contributed by atoms with van der Waals surface area (Å²) in [5.41, 5.74) is 7.92. The van der Waals surface area contributed by atoms with Gasteiger partial charge >= 0.3 is 0 Å². The third-order valence-corrected chi connectivity index (χ3v) is 6.05. The molecule has 6 aromatic rings. The van der Waals surface area contributed by atoms with Crippen molar-refractivity contribution in [3.8, 4) is 33.9 Å². The number of amides is 1. The largest absolute Gasteiger partial charge is 0.472 e. The molecule has 0 saturated heterocycles. The summed E-state index contributed by atoms with van der Waals surface area (Å²) in [6.07, 6.45) is 9.03. The summed E-state index contributed by atoms with van der Waals surface area (Å²) < 4.78 is 5.26. The number of pyridine rings is 2. The lowest BCUT2D eigenvalue weighted by Crippen LogP contribution is -2.11. The number of fused-ring (bicyclic) bond motifs is 2. The van der Waals surface area contributed by atoms with E-state index in [2.05, 4.69) is 32.4 Å². The van der Waals surface area contributed by atoms with Crippen molar-refractivity contribution in [2.75, 3.05) is 5.32 Å². The quantitative estimate of drug-likeness (QED) is 0.261. The van der Waals surface area contributed by atoms with Gasteiger partial charge in [0, 0.05) is 29.3 Å². The normalized spacial score (nSPS) is 11.4. The number of furan rings is 1. The second-order valence-corrected chi connectivity index (χ2v) is 8.58. The van der Waals surface area contributed by atoms with Crippen LogP contribution in [0, 0.1) is 0 Å². The van der Waals surface area contributed by atoms with Crippen LogP contribution in [-0.2, 0) is 4.79 Å². The molecule has 0 aliphatic carbocycles. The molecule has 0 bridgehead atoms. The standard InChI is InChI=1S/C27H23N7O2/c1-2-3-7-23(35)29-18-12-17(13-28-14-18)20-8-9-22-25(30-20)26(34-33-22)27-31-21-6-4-5-19(24(21)32-27)16-10-11-36-15-16/h4-6,8-15H,2-3,7H2,1H3,(H,29,35)(H,31,32)(H,33,34). The third-order valence-electron chi connectivity index (χ3n) is 6.05. The van der Waals surface area contributed by atoms with Gasteiger partial charge in [-0.05, 0) is 36.8 Å². The Labute approximate surface area is 206 Å². The van der Waals surface area contributed by atoms with Gasteiger partial charge < -0.3 is 14.7 Å². The Morgan fingerprint density at radius 1 is 1.03 bits per heavy atom. The van der Waals surface area contributed by atoms with Crippen molar-refractivity contribution in [1.29, 1.82) is 0 Å². The van der Waals surface area contributed by atoms with Crippen molar-refractivity contribution in [2.45, 2.75) is 26.2 Å². The zero-order valence-corrected chi connectivity index (χ0v) is 19.6. The molecule has 1 amide bonds. The number of nitrogens with zero attached hydrogens (tertiary/aromatic N) is 4. The highest BCUT2D eigenvalue weighted by Crippen LogP contribution is 2.32. The van der Waals surface area contributed by atoms with Gasteiger partial charge in [-0.1, -0.05) is 25.5 Å². The van der Waals surface area contributed by atoms with E-state index in [1.165, 1.54) is 0 Å². The van der Waals surface area contributed by atoms with E-state index in [4.69, 9.17) is 14.4 Å². The molecule has 9 heteroatoms. The van der Waals surface area contributed by atoms with Crippen LogP contribution in [0.3, 0.4) is 0 Å². The van der Waals surface area contributed by atoms with Gasteiger partial charge in [-0.25, -0.2) is 9.97 Å². The highest BCUT2D eigenvalue weighted by molar-refractivity contribution is 5.96. The van der Waals surface area contributed by atoms with E-state index in [9.17, 15) is 4.79 Å². The second-order valence-electron chi connectivity index (χ2n) is 8.58. The zero-order chi connectivity index (χ0) is 24.5. The summed E-state index contributed by atoms with van der Waals surface area (Å²) >= 11 is 0. The summed E-state index contributed by atoms with van der Waals surface area (Å²) in [5.74, 6) is 0.600. The fourth-order valence-corrected chi connectivity index (χ4v) is 4.23. The smallest absolute Gasteiger partial charge is 0.224 e. The van der Waals surface area contributed by atoms with Gasteiger partial charge in [0.1, 0.15) is 5.52 Å². The van der Waals surface area contributed by atoms with E-state index in [-0.39, 0.29) is 5.91 Å². The topological polar surface area (TPSA) is 125 Å². The number of H-pyrrole nitrogens is 2. The molecule has 5 aromatic heterocycles. The number of para-hydroxylation sites is 1. The number of aromatic amines is 2. The number of carbonyl (C=O) groups is 1. The van der Waals surface area contributed by atoms with Crippen LogP contribution in [0.5, 0.6) is 0 Å². The summed E-state index contributed by atoms with van der Waals surface area (Å²) in [4.78, 5) is 29.6. The van der Waals surface area contributed by atoms with Gasteiger partial charge in [-0.3, -0.25) is 14.9 Å². The van der Waals surface area contributed by atoms with Crippen LogP contribution in [-0.4, -0.2) is 36.0 Å². The average molecular weight is 478 g/mol. The zero-order valence-electron chi connectivity index (χ0n) is 19.6. The maximum absolute atomic E-state index is 12.2. The molecule has 3 N–H and O–H groups in total. The first-order valence-electron chi connectivity index (χ1n) is 11.8. The summed E-state index contributed by atoms with van der Waals surface area (Å²) in [6.45, 7) is 2.06. The number of aromatic nitrogens is 6. The Kier molecular flexibility index (Phi) is 5.49. The van der Waals surface area contributed by atoms with Crippen LogP contribution in [0.2, 0.25) is 0 Å². The Bertz CT molecular complexity index is 1680. The highest BCUT2D eigenvalue weighted by atomic mass is 16.3.